The minimum Gasteiger partial charge on any atom is -0.452 e. The van der Waals surface area contributed by atoms with Gasteiger partial charge in [0.25, 0.3) is 11.6 Å². The number of aryl methyl sites for hydroxylation is 1. The van der Waals surface area contributed by atoms with E-state index in [1.165, 1.54) is 37.3 Å². The van der Waals surface area contributed by atoms with Crippen LogP contribution in [0.25, 0.3) is 0 Å². The summed E-state index contributed by atoms with van der Waals surface area (Å²) in [5.74, 6) is -2.51. The van der Waals surface area contributed by atoms with E-state index in [0.717, 1.165) is 12.1 Å². The fourth-order valence-corrected chi connectivity index (χ4v) is 2.08. The van der Waals surface area contributed by atoms with E-state index in [9.17, 15) is 28.9 Å². The number of hydrogen-bond donors (Lipinski definition) is 2. The molecule has 0 unspecified atom stereocenters. The third-order valence-electron chi connectivity index (χ3n) is 3.34. The van der Waals surface area contributed by atoms with Crippen LogP contribution >= 0.6 is 0 Å². The van der Waals surface area contributed by atoms with Gasteiger partial charge in [0, 0.05) is 11.6 Å². The highest BCUT2D eigenvalue weighted by Crippen LogP contribution is 2.19. The van der Waals surface area contributed by atoms with Gasteiger partial charge in [0.2, 0.25) is 0 Å². The molecule has 0 spiro atoms. The quantitative estimate of drug-likeness (QED) is 0.470. The molecule has 0 saturated heterocycles. The number of carbonyl (C=O) groups excluding carboxylic acids is 3. The van der Waals surface area contributed by atoms with E-state index >= 15 is 0 Å². The summed E-state index contributed by atoms with van der Waals surface area (Å²) in [4.78, 5) is 45.3. The topological polar surface area (TPSA) is 128 Å². The number of carbonyl (C=O) groups is 3. The summed E-state index contributed by atoms with van der Waals surface area (Å²) in [5.41, 5.74) is -0.0138. The molecule has 9 nitrogen and oxygen atoms in total. The second-order valence-corrected chi connectivity index (χ2v) is 5.32. The summed E-state index contributed by atoms with van der Waals surface area (Å²) in [7, 11) is 0. The smallest absolute Gasteiger partial charge is 0.338 e. The molecule has 3 amide bonds. The summed E-state index contributed by atoms with van der Waals surface area (Å²) >= 11 is 0. The third kappa shape index (κ3) is 5.33. The molecule has 0 aliphatic rings. The predicted octanol–water partition coefficient (Wildman–Crippen LogP) is 2.55. The SMILES string of the molecule is Cc1cc(C(=O)OCC(=O)NC(=O)Nc2ccccc2F)ccc1[N+](=O)[O-]. The summed E-state index contributed by atoms with van der Waals surface area (Å²) in [6.07, 6.45) is 0. The molecule has 2 aromatic carbocycles. The number of nitrogens with one attached hydrogen (secondary N) is 2. The molecule has 0 saturated carbocycles. The monoisotopic (exact) mass is 375 g/mol. The van der Waals surface area contributed by atoms with Gasteiger partial charge in [-0.25, -0.2) is 14.0 Å². The standard InChI is InChI=1S/C17H14FN3O6/c1-10-8-11(6-7-14(10)21(25)26)16(23)27-9-15(22)20-17(24)19-13-5-3-2-4-12(13)18/h2-8H,9H2,1H3,(H2,19,20,22,24). The first kappa shape index (κ1) is 19.5. The van der Waals surface area contributed by atoms with Gasteiger partial charge in [0.1, 0.15) is 5.82 Å². The lowest BCUT2D eigenvalue weighted by Crippen LogP contribution is -2.37. The van der Waals surface area contributed by atoms with Crippen LogP contribution in [0.1, 0.15) is 15.9 Å². The van der Waals surface area contributed by atoms with Crippen molar-refractivity contribution in [1.29, 1.82) is 0 Å². The highest BCUT2D eigenvalue weighted by molar-refractivity contribution is 6.02. The zero-order valence-electron chi connectivity index (χ0n) is 14.0. The van der Waals surface area contributed by atoms with Gasteiger partial charge >= 0.3 is 12.0 Å². The van der Waals surface area contributed by atoms with Gasteiger partial charge in [0.05, 0.1) is 16.2 Å². The van der Waals surface area contributed by atoms with Gasteiger partial charge in [-0.05, 0) is 31.2 Å². The minimum atomic E-state index is -0.993. The molecule has 0 fully saturated rings. The Morgan fingerprint density at radius 2 is 1.89 bits per heavy atom. The Bertz CT molecular complexity index is 915. The molecule has 0 aliphatic carbocycles. The maximum absolute atomic E-state index is 13.4. The molecule has 2 rings (SSSR count). The molecule has 0 radical (unpaired) electrons. The van der Waals surface area contributed by atoms with Crippen molar-refractivity contribution in [3.8, 4) is 0 Å². The number of benzene rings is 2. The number of halogens is 1. The molecule has 0 atom stereocenters. The Kier molecular flexibility index (Phi) is 6.15. The Balaban J connectivity index is 1.87. The molecule has 10 heteroatoms. The summed E-state index contributed by atoms with van der Waals surface area (Å²) < 4.78 is 18.1. The maximum Gasteiger partial charge on any atom is 0.338 e. The van der Waals surface area contributed by atoms with E-state index in [1.54, 1.807) is 0 Å². The number of nitrogens with zero attached hydrogens (tertiary/aromatic N) is 1. The minimum absolute atomic E-state index is 0.0155. The Morgan fingerprint density at radius 1 is 1.19 bits per heavy atom. The number of nitro benzene ring substituents is 1. The molecule has 2 N–H and O–H groups in total. The van der Waals surface area contributed by atoms with Crippen LogP contribution in [0.2, 0.25) is 0 Å². The largest absolute Gasteiger partial charge is 0.452 e. The Morgan fingerprint density at radius 3 is 2.52 bits per heavy atom. The lowest BCUT2D eigenvalue weighted by Gasteiger charge is -2.08. The predicted molar refractivity (Wildman–Crippen MR) is 91.7 cm³/mol. The Hall–Kier alpha value is -3.82. The second-order valence-electron chi connectivity index (χ2n) is 5.32. The van der Waals surface area contributed by atoms with Crippen molar-refractivity contribution in [2.45, 2.75) is 6.92 Å². The normalized spacial score (nSPS) is 10.0. The lowest BCUT2D eigenvalue weighted by molar-refractivity contribution is -0.385. The summed E-state index contributed by atoms with van der Waals surface area (Å²) in [5, 5.41) is 14.8. The summed E-state index contributed by atoms with van der Waals surface area (Å²) in [6.45, 7) is 0.689. The van der Waals surface area contributed by atoms with Gasteiger partial charge in [-0.1, -0.05) is 12.1 Å². The second kappa shape index (κ2) is 8.52. The number of anilines is 1. The zero-order chi connectivity index (χ0) is 20.0. The molecular formula is C17H14FN3O6. The van der Waals surface area contributed by atoms with Crippen molar-refractivity contribution in [3.63, 3.8) is 0 Å². The van der Waals surface area contributed by atoms with Crippen LogP contribution in [0, 0.1) is 22.9 Å². The molecule has 0 aromatic heterocycles. The first-order chi connectivity index (χ1) is 12.8. The average Bonchev–Trinajstić information content (AvgIpc) is 2.61. The highest BCUT2D eigenvalue weighted by atomic mass is 19.1. The van der Waals surface area contributed by atoms with E-state index < -0.39 is 35.3 Å². The number of urea groups is 1. The third-order valence-corrected chi connectivity index (χ3v) is 3.34. The van der Waals surface area contributed by atoms with Crippen molar-refractivity contribution >= 4 is 29.3 Å². The number of nitro groups is 1. The number of hydrogen-bond acceptors (Lipinski definition) is 6. The number of esters is 1. The molecule has 2 aromatic rings. The van der Waals surface area contributed by atoms with Crippen LogP contribution in [0.4, 0.5) is 20.6 Å². The number of ether oxygens (including phenoxy) is 1. The Labute approximate surface area is 152 Å². The van der Waals surface area contributed by atoms with Gasteiger partial charge < -0.3 is 10.1 Å². The van der Waals surface area contributed by atoms with Gasteiger partial charge in [-0.15, -0.1) is 0 Å². The fraction of sp³-hybridized carbons (Fsp3) is 0.118. The fourth-order valence-electron chi connectivity index (χ4n) is 2.08. The first-order valence-electron chi connectivity index (χ1n) is 7.55. The van der Waals surface area contributed by atoms with Gasteiger partial charge in [-0.3, -0.25) is 20.2 Å². The molecule has 27 heavy (non-hydrogen) atoms. The van der Waals surface area contributed by atoms with Crippen molar-refractivity contribution in [2.24, 2.45) is 0 Å². The van der Waals surface area contributed by atoms with Crippen LogP contribution in [0.5, 0.6) is 0 Å². The van der Waals surface area contributed by atoms with Crippen LogP contribution < -0.4 is 10.6 Å². The van der Waals surface area contributed by atoms with E-state index in [1.807, 2.05) is 5.32 Å². The number of para-hydroxylation sites is 1. The van der Waals surface area contributed by atoms with Gasteiger partial charge in [0.15, 0.2) is 6.61 Å². The molecule has 0 bridgehead atoms. The van der Waals surface area contributed by atoms with E-state index in [2.05, 4.69) is 5.32 Å². The van der Waals surface area contributed by atoms with Crippen molar-refractivity contribution in [2.75, 3.05) is 11.9 Å². The number of imide groups is 1. The number of rotatable bonds is 5. The average molecular weight is 375 g/mol. The molecular weight excluding hydrogens is 361 g/mol. The van der Waals surface area contributed by atoms with Gasteiger partial charge in [-0.2, -0.15) is 0 Å². The molecule has 140 valence electrons. The first-order valence-corrected chi connectivity index (χ1v) is 7.55. The van der Waals surface area contributed by atoms with Crippen LogP contribution in [-0.4, -0.2) is 29.4 Å². The lowest BCUT2D eigenvalue weighted by atomic mass is 10.1. The van der Waals surface area contributed by atoms with E-state index in [0.29, 0.717) is 0 Å². The zero-order valence-corrected chi connectivity index (χ0v) is 14.0. The molecule has 0 heterocycles. The van der Waals surface area contributed by atoms with Crippen LogP contribution in [0.3, 0.4) is 0 Å². The van der Waals surface area contributed by atoms with Crippen LogP contribution in [0.15, 0.2) is 42.5 Å². The summed E-state index contributed by atoms with van der Waals surface area (Å²) in [6, 6.07) is 7.96. The molecule has 0 aliphatic heterocycles. The highest BCUT2D eigenvalue weighted by Gasteiger charge is 2.16. The van der Waals surface area contributed by atoms with Crippen LogP contribution in [-0.2, 0) is 9.53 Å². The van der Waals surface area contributed by atoms with E-state index in [-0.39, 0.29) is 22.5 Å². The van der Waals surface area contributed by atoms with E-state index in [4.69, 9.17) is 4.74 Å². The van der Waals surface area contributed by atoms with Crippen molar-refractivity contribution < 1.29 is 28.4 Å². The van der Waals surface area contributed by atoms with Crippen molar-refractivity contribution in [3.05, 3.63) is 69.5 Å². The number of amides is 3. The maximum atomic E-state index is 13.4. The van der Waals surface area contributed by atoms with Crippen molar-refractivity contribution in [1.82, 2.24) is 5.32 Å².